The highest BCUT2D eigenvalue weighted by Gasteiger charge is 2.46. The van der Waals surface area contributed by atoms with Crippen molar-refractivity contribution in [3.05, 3.63) is 105 Å². The lowest BCUT2D eigenvalue weighted by molar-refractivity contribution is -0.384. The second kappa shape index (κ2) is 8.91. The number of aliphatic hydroxyl groups excluding tert-OH is 1. The number of ether oxygens (including phenoxy) is 1. The minimum absolute atomic E-state index is 0.0714. The SMILES string of the molecule is COc1ccc(C2/C(=C(/O)c3cccc([N+](=O)[O-])c3)C(=O)C(=O)N2Cc2cccnc2)cc1. The predicted molar refractivity (Wildman–Crippen MR) is 118 cm³/mol. The third-order valence-electron chi connectivity index (χ3n) is 5.38. The summed E-state index contributed by atoms with van der Waals surface area (Å²) in [7, 11) is 1.52. The molecule has 9 nitrogen and oxygen atoms in total. The molecule has 1 aliphatic rings. The van der Waals surface area contributed by atoms with E-state index in [9.17, 15) is 24.8 Å². The fourth-order valence-electron chi connectivity index (χ4n) is 3.79. The Morgan fingerprint density at radius 2 is 1.91 bits per heavy atom. The molecule has 1 fully saturated rings. The number of non-ortho nitro benzene ring substituents is 1. The first-order valence-corrected chi connectivity index (χ1v) is 9.97. The van der Waals surface area contributed by atoms with Crippen LogP contribution in [0, 0.1) is 10.1 Å². The number of methoxy groups -OCH3 is 1. The Hall–Kier alpha value is -4.53. The zero-order chi connectivity index (χ0) is 23.5. The van der Waals surface area contributed by atoms with Crippen molar-refractivity contribution in [2.75, 3.05) is 7.11 Å². The van der Waals surface area contributed by atoms with Gasteiger partial charge in [-0.25, -0.2) is 0 Å². The van der Waals surface area contributed by atoms with Crippen LogP contribution in [0.3, 0.4) is 0 Å². The Labute approximate surface area is 188 Å². The molecule has 0 bridgehead atoms. The first kappa shape index (κ1) is 21.7. The van der Waals surface area contributed by atoms with Crippen LogP contribution in [-0.2, 0) is 16.1 Å². The topological polar surface area (TPSA) is 123 Å². The highest BCUT2D eigenvalue weighted by Crippen LogP contribution is 2.40. The van der Waals surface area contributed by atoms with E-state index in [0.29, 0.717) is 16.9 Å². The molecule has 166 valence electrons. The van der Waals surface area contributed by atoms with Gasteiger partial charge in [0.1, 0.15) is 11.5 Å². The molecule has 4 rings (SSSR count). The smallest absolute Gasteiger partial charge is 0.295 e. The van der Waals surface area contributed by atoms with Crippen LogP contribution < -0.4 is 4.74 Å². The first-order chi connectivity index (χ1) is 15.9. The Kier molecular flexibility index (Phi) is 5.86. The van der Waals surface area contributed by atoms with Gasteiger partial charge in [-0.2, -0.15) is 0 Å². The summed E-state index contributed by atoms with van der Waals surface area (Å²) in [5, 5.41) is 22.2. The lowest BCUT2D eigenvalue weighted by atomic mass is 9.95. The van der Waals surface area contributed by atoms with Crippen LogP contribution in [0.15, 0.2) is 78.6 Å². The molecule has 1 atom stereocenters. The summed E-state index contributed by atoms with van der Waals surface area (Å²) >= 11 is 0. The molecule has 3 aromatic rings. The number of hydrogen-bond acceptors (Lipinski definition) is 7. The van der Waals surface area contributed by atoms with Gasteiger partial charge in [0.25, 0.3) is 17.4 Å². The summed E-state index contributed by atoms with van der Waals surface area (Å²) in [6.45, 7) is 0.0842. The van der Waals surface area contributed by atoms with Crippen molar-refractivity contribution < 1.29 is 24.4 Å². The van der Waals surface area contributed by atoms with E-state index in [4.69, 9.17) is 4.74 Å². The van der Waals surface area contributed by atoms with E-state index in [1.54, 1.807) is 48.8 Å². The van der Waals surface area contributed by atoms with Crippen molar-refractivity contribution in [2.45, 2.75) is 12.6 Å². The zero-order valence-corrected chi connectivity index (χ0v) is 17.5. The van der Waals surface area contributed by atoms with Gasteiger partial charge in [-0.15, -0.1) is 0 Å². The van der Waals surface area contributed by atoms with Crippen LogP contribution >= 0.6 is 0 Å². The van der Waals surface area contributed by atoms with Gasteiger partial charge >= 0.3 is 0 Å². The van der Waals surface area contributed by atoms with Gasteiger partial charge in [-0.05, 0) is 29.3 Å². The molecule has 1 aliphatic heterocycles. The van der Waals surface area contributed by atoms with E-state index >= 15 is 0 Å². The average molecular weight is 445 g/mol. The van der Waals surface area contributed by atoms with Crippen molar-refractivity contribution in [3.8, 4) is 5.75 Å². The number of nitro benzene ring substituents is 1. The third-order valence-corrected chi connectivity index (χ3v) is 5.38. The van der Waals surface area contributed by atoms with E-state index in [1.165, 1.54) is 30.2 Å². The number of benzene rings is 2. The van der Waals surface area contributed by atoms with Gasteiger partial charge in [0.15, 0.2) is 0 Å². The molecule has 33 heavy (non-hydrogen) atoms. The predicted octanol–water partition coefficient (Wildman–Crippen LogP) is 3.62. The normalized spacial score (nSPS) is 17.2. The van der Waals surface area contributed by atoms with Gasteiger partial charge in [-0.1, -0.05) is 30.3 Å². The summed E-state index contributed by atoms with van der Waals surface area (Å²) in [5.74, 6) is -1.55. The largest absolute Gasteiger partial charge is 0.507 e. The molecule has 1 aromatic heterocycles. The average Bonchev–Trinajstić information content (AvgIpc) is 3.09. The van der Waals surface area contributed by atoms with Crippen molar-refractivity contribution >= 4 is 23.1 Å². The van der Waals surface area contributed by atoms with Gasteiger partial charge in [-0.3, -0.25) is 24.7 Å². The maximum atomic E-state index is 13.1. The summed E-state index contributed by atoms with van der Waals surface area (Å²) in [4.78, 5) is 42.1. The number of nitro groups is 1. The molecule has 0 spiro atoms. The number of carbonyl (C=O) groups excluding carboxylic acids is 2. The van der Waals surface area contributed by atoms with Crippen molar-refractivity contribution in [1.82, 2.24) is 9.88 Å². The minimum atomic E-state index is -0.907. The minimum Gasteiger partial charge on any atom is -0.507 e. The van der Waals surface area contributed by atoms with E-state index in [2.05, 4.69) is 4.98 Å². The molecule has 9 heteroatoms. The number of nitrogens with zero attached hydrogens (tertiary/aromatic N) is 3. The van der Waals surface area contributed by atoms with Crippen molar-refractivity contribution in [1.29, 1.82) is 0 Å². The summed E-state index contributed by atoms with van der Waals surface area (Å²) < 4.78 is 5.19. The van der Waals surface area contributed by atoms with Gasteiger partial charge in [0, 0.05) is 36.6 Å². The maximum Gasteiger partial charge on any atom is 0.295 e. The molecular weight excluding hydrogens is 426 g/mol. The van der Waals surface area contributed by atoms with Gasteiger partial charge < -0.3 is 14.7 Å². The number of rotatable bonds is 6. The van der Waals surface area contributed by atoms with Gasteiger partial charge in [0.05, 0.1) is 23.6 Å². The second-order valence-electron chi connectivity index (χ2n) is 7.37. The molecule has 1 amide bonds. The fraction of sp³-hybridized carbons (Fsp3) is 0.125. The second-order valence-corrected chi connectivity index (χ2v) is 7.37. The number of amides is 1. The van der Waals surface area contributed by atoms with Crippen LogP contribution in [0.5, 0.6) is 5.75 Å². The highest BCUT2D eigenvalue weighted by molar-refractivity contribution is 6.46. The van der Waals surface area contributed by atoms with Crippen LogP contribution in [0.4, 0.5) is 5.69 Å². The summed E-state index contributed by atoms with van der Waals surface area (Å²) in [6.07, 6.45) is 3.19. The van der Waals surface area contributed by atoms with Crippen molar-refractivity contribution in [3.63, 3.8) is 0 Å². The first-order valence-electron chi connectivity index (χ1n) is 9.97. The Balaban J connectivity index is 1.87. The standard InChI is InChI=1S/C24H19N3O6/c1-33-19-9-7-16(8-10-19)21-20(22(28)17-5-2-6-18(12-17)27(31)32)23(29)24(30)26(21)14-15-4-3-11-25-13-15/h2-13,21,28H,14H2,1H3/b22-20-. The van der Waals surface area contributed by atoms with E-state index in [-0.39, 0.29) is 23.4 Å². The summed E-state index contributed by atoms with van der Waals surface area (Å²) in [6, 6.07) is 14.7. The number of aliphatic hydroxyl groups is 1. The molecule has 0 aliphatic carbocycles. The van der Waals surface area contributed by atoms with Crippen LogP contribution in [0.2, 0.25) is 0 Å². The Morgan fingerprint density at radius 3 is 2.55 bits per heavy atom. The maximum absolute atomic E-state index is 13.1. The third kappa shape index (κ3) is 4.16. The molecule has 0 radical (unpaired) electrons. The number of aromatic nitrogens is 1. The monoisotopic (exact) mass is 445 g/mol. The molecular formula is C24H19N3O6. The van der Waals surface area contributed by atoms with E-state index in [0.717, 1.165) is 6.07 Å². The van der Waals surface area contributed by atoms with Crippen LogP contribution in [0.1, 0.15) is 22.7 Å². The van der Waals surface area contributed by atoms with Crippen molar-refractivity contribution in [2.24, 2.45) is 0 Å². The quantitative estimate of drug-likeness (QED) is 0.202. The molecule has 0 saturated carbocycles. The molecule has 2 aromatic carbocycles. The summed E-state index contributed by atoms with van der Waals surface area (Å²) in [5.41, 5.74) is 0.959. The number of pyridine rings is 1. The number of hydrogen-bond donors (Lipinski definition) is 1. The number of carbonyl (C=O) groups is 2. The highest BCUT2D eigenvalue weighted by atomic mass is 16.6. The van der Waals surface area contributed by atoms with Gasteiger partial charge in [0.2, 0.25) is 0 Å². The van der Waals surface area contributed by atoms with E-state index in [1.807, 2.05) is 0 Å². The molecule has 1 N–H and O–H groups in total. The Morgan fingerprint density at radius 1 is 1.15 bits per heavy atom. The lowest BCUT2D eigenvalue weighted by Gasteiger charge is -2.25. The lowest BCUT2D eigenvalue weighted by Crippen LogP contribution is -2.29. The number of likely N-dealkylation sites (tertiary alicyclic amines) is 1. The molecule has 1 saturated heterocycles. The Bertz CT molecular complexity index is 1250. The van der Waals surface area contributed by atoms with Crippen LogP contribution in [-0.4, -0.2) is 38.7 Å². The van der Waals surface area contributed by atoms with Crippen LogP contribution in [0.25, 0.3) is 5.76 Å². The number of ketones is 1. The fourth-order valence-corrected chi connectivity index (χ4v) is 3.79. The molecule has 2 heterocycles. The van der Waals surface area contributed by atoms with E-state index < -0.39 is 28.4 Å². The number of Topliss-reactive ketones (excluding diaryl/α,β-unsaturated/α-hetero) is 1. The molecule has 1 unspecified atom stereocenters. The zero-order valence-electron chi connectivity index (χ0n) is 17.5.